The summed E-state index contributed by atoms with van der Waals surface area (Å²) < 4.78 is 5.67. The highest BCUT2D eigenvalue weighted by Crippen LogP contribution is 2.21. The molecule has 0 aromatic heterocycles. The van der Waals surface area contributed by atoms with Crippen molar-refractivity contribution in [2.24, 2.45) is 0 Å². The highest BCUT2D eigenvalue weighted by atomic mass is 16.5. The van der Waals surface area contributed by atoms with E-state index in [-0.39, 0.29) is 18.6 Å². The average Bonchev–Trinajstić information content (AvgIpc) is 2.71. The lowest BCUT2D eigenvalue weighted by Crippen LogP contribution is -2.31. The Morgan fingerprint density at radius 2 is 1.41 bits per heavy atom. The molecule has 4 rings (SSSR count). The molecule has 134 valence electrons. The van der Waals surface area contributed by atoms with Gasteiger partial charge in [0.15, 0.2) is 6.61 Å². The number of ether oxygens (including phenoxy) is 1. The summed E-state index contributed by atoms with van der Waals surface area (Å²) in [6.07, 6.45) is 0. The predicted octanol–water partition coefficient (Wildman–Crippen LogP) is 5.25. The van der Waals surface area contributed by atoms with E-state index in [0.29, 0.717) is 5.75 Å². The van der Waals surface area contributed by atoms with Crippen LogP contribution in [0.1, 0.15) is 18.5 Å². The SMILES string of the molecule is C[C@H](NC(=O)COc1ccc2ccccc2c1)c1ccc2ccccc2c1. The molecule has 0 heterocycles. The first kappa shape index (κ1) is 17.1. The Morgan fingerprint density at radius 1 is 0.815 bits per heavy atom. The molecule has 0 aliphatic heterocycles. The minimum atomic E-state index is -0.135. The highest BCUT2D eigenvalue weighted by molar-refractivity contribution is 5.85. The fraction of sp³-hybridized carbons (Fsp3) is 0.125. The van der Waals surface area contributed by atoms with Crippen LogP contribution in [0, 0.1) is 0 Å². The van der Waals surface area contributed by atoms with E-state index in [1.807, 2.05) is 55.5 Å². The molecule has 0 saturated heterocycles. The van der Waals surface area contributed by atoms with Crippen molar-refractivity contribution in [1.29, 1.82) is 0 Å². The van der Waals surface area contributed by atoms with E-state index in [4.69, 9.17) is 4.74 Å². The van der Waals surface area contributed by atoms with Gasteiger partial charge in [0.2, 0.25) is 0 Å². The number of amides is 1. The number of rotatable bonds is 5. The number of fused-ring (bicyclic) bond motifs is 2. The molecule has 4 aromatic rings. The smallest absolute Gasteiger partial charge is 0.258 e. The molecule has 0 unspecified atom stereocenters. The highest BCUT2D eigenvalue weighted by Gasteiger charge is 2.11. The van der Waals surface area contributed by atoms with E-state index in [0.717, 1.165) is 16.3 Å². The number of nitrogens with one attached hydrogen (secondary N) is 1. The standard InChI is InChI=1S/C24H21NO2/c1-17(20-11-10-18-6-2-4-8-21(18)14-20)25-24(26)16-27-23-13-12-19-7-3-5-9-22(19)15-23/h2-15,17H,16H2,1H3,(H,25,26)/t17-/m0/s1. The molecule has 0 aliphatic carbocycles. The molecule has 27 heavy (non-hydrogen) atoms. The largest absolute Gasteiger partial charge is 0.484 e. The first-order valence-corrected chi connectivity index (χ1v) is 9.09. The Hall–Kier alpha value is -3.33. The van der Waals surface area contributed by atoms with Gasteiger partial charge in [-0.1, -0.05) is 66.7 Å². The van der Waals surface area contributed by atoms with Gasteiger partial charge in [0.05, 0.1) is 6.04 Å². The lowest BCUT2D eigenvalue weighted by Gasteiger charge is -2.15. The molecule has 1 N–H and O–H groups in total. The second-order valence-corrected chi connectivity index (χ2v) is 6.69. The summed E-state index contributed by atoms with van der Waals surface area (Å²) in [4.78, 5) is 12.3. The van der Waals surface area contributed by atoms with E-state index in [1.165, 1.54) is 10.8 Å². The summed E-state index contributed by atoms with van der Waals surface area (Å²) in [6.45, 7) is 1.98. The minimum Gasteiger partial charge on any atom is -0.484 e. The van der Waals surface area contributed by atoms with E-state index >= 15 is 0 Å². The topological polar surface area (TPSA) is 38.3 Å². The monoisotopic (exact) mass is 355 g/mol. The van der Waals surface area contributed by atoms with Crippen LogP contribution in [0.2, 0.25) is 0 Å². The fourth-order valence-electron chi connectivity index (χ4n) is 3.25. The third kappa shape index (κ3) is 3.93. The number of carbonyl (C=O) groups excluding carboxylic acids is 1. The van der Waals surface area contributed by atoms with Gasteiger partial charge in [-0.15, -0.1) is 0 Å². The Kier molecular flexibility index (Phi) is 4.75. The third-order valence-corrected chi connectivity index (χ3v) is 4.74. The van der Waals surface area contributed by atoms with Crippen molar-refractivity contribution in [2.45, 2.75) is 13.0 Å². The van der Waals surface area contributed by atoms with E-state index < -0.39 is 0 Å². The minimum absolute atomic E-state index is 0.00371. The van der Waals surface area contributed by atoms with Crippen LogP contribution < -0.4 is 10.1 Å². The van der Waals surface area contributed by atoms with Crippen LogP contribution in [-0.4, -0.2) is 12.5 Å². The van der Waals surface area contributed by atoms with Gasteiger partial charge in [0, 0.05) is 0 Å². The molecule has 0 saturated carbocycles. The lowest BCUT2D eigenvalue weighted by molar-refractivity contribution is -0.123. The zero-order valence-electron chi connectivity index (χ0n) is 15.2. The summed E-state index contributed by atoms with van der Waals surface area (Å²) in [6, 6.07) is 28.3. The predicted molar refractivity (Wildman–Crippen MR) is 110 cm³/mol. The van der Waals surface area contributed by atoms with Gasteiger partial charge >= 0.3 is 0 Å². The van der Waals surface area contributed by atoms with Crippen LogP contribution in [-0.2, 0) is 4.79 Å². The van der Waals surface area contributed by atoms with Gasteiger partial charge in [-0.3, -0.25) is 4.79 Å². The molecule has 1 atom stereocenters. The average molecular weight is 355 g/mol. The van der Waals surface area contributed by atoms with Gasteiger partial charge in [0.25, 0.3) is 5.91 Å². The van der Waals surface area contributed by atoms with Gasteiger partial charge in [-0.05, 0) is 52.2 Å². The third-order valence-electron chi connectivity index (χ3n) is 4.74. The number of hydrogen-bond acceptors (Lipinski definition) is 2. The van der Waals surface area contributed by atoms with Crippen molar-refractivity contribution in [3.05, 3.63) is 90.5 Å². The van der Waals surface area contributed by atoms with Crippen molar-refractivity contribution < 1.29 is 9.53 Å². The van der Waals surface area contributed by atoms with Crippen LogP contribution in [0.15, 0.2) is 84.9 Å². The van der Waals surface area contributed by atoms with Crippen LogP contribution in [0.5, 0.6) is 5.75 Å². The molecular formula is C24H21NO2. The summed E-state index contributed by atoms with van der Waals surface area (Å²) in [5.41, 5.74) is 1.08. The maximum atomic E-state index is 12.3. The van der Waals surface area contributed by atoms with Gasteiger partial charge in [0.1, 0.15) is 5.75 Å². The molecule has 0 spiro atoms. The molecule has 0 fully saturated rings. The van der Waals surface area contributed by atoms with E-state index in [1.54, 1.807) is 0 Å². The number of carbonyl (C=O) groups is 1. The van der Waals surface area contributed by atoms with E-state index in [2.05, 4.69) is 41.7 Å². The second-order valence-electron chi connectivity index (χ2n) is 6.69. The van der Waals surface area contributed by atoms with Gasteiger partial charge < -0.3 is 10.1 Å². The summed E-state index contributed by atoms with van der Waals surface area (Å²) in [5.74, 6) is 0.561. The van der Waals surface area contributed by atoms with Crippen LogP contribution >= 0.6 is 0 Å². The van der Waals surface area contributed by atoms with Crippen molar-refractivity contribution in [2.75, 3.05) is 6.61 Å². The Labute approximate surface area is 158 Å². The van der Waals surface area contributed by atoms with Crippen LogP contribution in [0.4, 0.5) is 0 Å². The number of benzene rings is 4. The first-order chi connectivity index (χ1) is 13.2. The maximum Gasteiger partial charge on any atom is 0.258 e. The molecule has 0 bridgehead atoms. The van der Waals surface area contributed by atoms with Gasteiger partial charge in [-0.2, -0.15) is 0 Å². The van der Waals surface area contributed by atoms with Crippen molar-refractivity contribution in [3.8, 4) is 5.75 Å². The molecular weight excluding hydrogens is 334 g/mol. The number of hydrogen-bond donors (Lipinski definition) is 1. The lowest BCUT2D eigenvalue weighted by atomic mass is 10.0. The van der Waals surface area contributed by atoms with Gasteiger partial charge in [-0.25, -0.2) is 0 Å². The maximum absolute atomic E-state index is 12.3. The zero-order chi connectivity index (χ0) is 18.6. The molecule has 0 radical (unpaired) electrons. The Morgan fingerprint density at radius 3 is 2.11 bits per heavy atom. The molecule has 1 amide bonds. The van der Waals surface area contributed by atoms with Crippen molar-refractivity contribution in [3.63, 3.8) is 0 Å². The first-order valence-electron chi connectivity index (χ1n) is 9.09. The summed E-state index contributed by atoms with van der Waals surface area (Å²) >= 11 is 0. The Bertz CT molecular complexity index is 1100. The summed E-state index contributed by atoms with van der Waals surface area (Å²) in [5, 5.41) is 7.62. The molecule has 0 aliphatic rings. The molecule has 3 nitrogen and oxygen atoms in total. The van der Waals surface area contributed by atoms with Crippen molar-refractivity contribution in [1.82, 2.24) is 5.32 Å². The quantitative estimate of drug-likeness (QED) is 0.531. The second kappa shape index (κ2) is 7.50. The fourth-order valence-corrected chi connectivity index (χ4v) is 3.25. The zero-order valence-corrected chi connectivity index (χ0v) is 15.2. The van der Waals surface area contributed by atoms with E-state index in [9.17, 15) is 4.79 Å². The van der Waals surface area contributed by atoms with Crippen LogP contribution in [0.3, 0.4) is 0 Å². The normalized spacial score (nSPS) is 12.0. The van der Waals surface area contributed by atoms with Crippen molar-refractivity contribution >= 4 is 27.5 Å². The molecule has 4 aromatic carbocycles. The van der Waals surface area contributed by atoms with Crippen LogP contribution in [0.25, 0.3) is 21.5 Å². The summed E-state index contributed by atoms with van der Waals surface area (Å²) in [7, 11) is 0. The Balaban J connectivity index is 1.38. The molecule has 3 heteroatoms.